The fourth-order valence-electron chi connectivity index (χ4n) is 12.8. The molecular formula is C85H128N12O18. The Morgan fingerprint density at radius 3 is 0.930 bits per heavy atom. The van der Waals surface area contributed by atoms with Crippen molar-refractivity contribution < 1.29 is 85.8 Å². The minimum absolute atomic E-state index is 0.0267. The van der Waals surface area contributed by atoms with E-state index in [1.807, 2.05) is 117 Å². The number of esters is 3. The number of methoxy groups -OCH3 is 9. The van der Waals surface area contributed by atoms with Gasteiger partial charge >= 0.3 is 17.9 Å². The quantitative estimate of drug-likeness (QED) is 0.0237. The second-order valence-corrected chi connectivity index (χ2v) is 30.3. The van der Waals surface area contributed by atoms with Crippen LogP contribution in [0.5, 0.6) is 34.5 Å². The predicted molar refractivity (Wildman–Crippen MR) is 440 cm³/mol. The van der Waals surface area contributed by atoms with Crippen molar-refractivity contribution in [3.8, 4) is 68.3 Å². The number of benzene rings is 3. The lowest BCUT2D eigenvalue weighted by Crippen LogP contribution is -2.41. The summed E-state index contributed by atoms with van der Waals surface area (Å²) in [5.41, 5.74) is 4.96. The number of nitrogens with zero attached hydrogens (tertiary/aromatic N) is 9. The van der Waals surface area contributed by atoms with Crippen LogP contribution in [0.4, 0.5) is 0 Å². The number of rotatable bonds is 42. The fourth-order valence-corrected chi connectivity index (χ4v) is 12.8. The van der Waals surface area contributed by atoms with Gasteiger partial charge in [0.15, 0.2) is 17.1 Å². The van der Waals surface area contributed by atoms with Gasteiger partial charge in [-0.25, -0.2) is 0 Å². The molecular weight excluding hydrogens is 1480 g/mol. The molecule has 3 N–H and O–H groups in total. The number of amides is 6. The SMILES string of the molecule is CCC(C)Cn1nc(C(=O)N[C@H](CC(=O)N(C)CC(=O)OC)CC(C)C)cc1-c1c(OC)cccc1OC.CCC(CC)Cn1nc(C(=O)N[C@H](CC(=O)N(C)CC(=O)OC)CC(C)C)cc1-c1c(OC)cccc1OC.COC(=O)CN(C)C(=O)C[C@H](CC(C)C)NC(=O)c1cc(-c2c(OC)cccc2OC)n(C(C)C(C)C)n1. The maximum atomic E-state index is 13.5. The Kier molecular flexibility index (Phi) is 40.2. The minimum Gasteiger partial charge on any atom is -0.496 e. The maximum Gasteiger partial charge on any atom is 0.325 e. The van der Waals surface area contributed by atoms with Crippen molar-refractivity contribution in [3.63, 3.8) is 0 Å². The lowest BCUT2D eigenvalue weighted by molar-refractivity contribution is -0.146. The molecule has 6 aromatic rings. The molecule has 5 atom stereocenters. The number of nitrogens with one attached hydrogen (secondary N) is 3. The van der Waals surface area contributed by atoms with Crippen LogP contribution in [0.15, 0.2) is 72.8 Å². The first-order valence-electron chi connectivity index (χ1n) is 39.3. The highest BCUT2D eigenvalue weighted by Gasteiger charge is 2.32. The highest BCUT2D eigenvalue weighted by Crippen LogP contribution is 2.43. The Labute approximate surface area is 679 Å². The third-order valence-corrected chi connectivity index (χ3v) is 19.8. The predicted octanol–water partition coefficient (Wildman–Crippen LogP) is 11.9. The van der Waals surface area contributed by atoms with Gasteiger partial charge in [-0.1, -0.05) is 121 Å². The Balaban J connectivity index is 0.000000363. The zero-order chi connectivity index (χ0) is 86.1. The van der Waals surface area contributed by atoms with E-state index in [1.54, 1.807) is 67.9 Å². The van der Waals surface area contributed by atoms with E-state index in [1.165, 1.54) is 50.1 Å². The summed E-state index contributed by atoms with van der Waals surface area (Å²) >= 11 is 0. The lowest BCUT2D eigenvalue weighted by atomic mass is 10.00. The van der Waals surface area contributed by atoms with E-state index in [9.17, 15) is 43.2 Å². The first-order chi connectivity index (χ1) is 54.5. The molecule has 0 saturated heterocycles. The summed E-state index contributed by atoms with van der Waals surface area (Å²) in [6.45, 7) is 27.6. The highest BCUT2D eigenvalue weighted by atomic mass is 16.5. The molecule has 3 aromatic carbocycles. The molecule has 0 radical (unpaired) electrons. The number of hydrogen-bond donors (Lipinski definition) is 3. The molecule has 636 valence electrons. The monoisotopic (exact) mass is 1600 g/mol. The summed E-state index contributed by atoms with van der Waals surface area (Å²) in [7, 11) is 18.0. The minimum atomic E-state index is -0.505. The first kappa shape index (κ1) is 96.7. The average molecular weight is 1610 g/mol. The Bertz CT molecular complexity index is 4070. The Hall–Kier alpha value is -10.7. The molecule has 30 nitrogen and oxygen atoms in total. The topological polar surface area (TPSA) is 336 Å². The van der Waals surface area contributed by atoms with Gasteiger partial charge in [-0.2, -0.15) is 15.3 Å². The molecule has 0 aliphatic heterocycles. The summed E-state index contributed by atoms with van der Waals surface area (Å²) < 4.78 is 53.2. The molecule has 0 fully saturated rings. The molecule has 30 heteroatoms. The summed E-state index contributed by atoms with van der Waals surface area (Å²) in [6, 6.07) is 20.5. The van der Waals surface area contributed by atoms with Crippen molar-refractivity contribution in [1.82, 2.24) is 60.0 Å². The van der Waals surface area contributed by atoms with E-state index in [2.05, 4.69) is 76.8 Å². The average Bonchev–Trinajstić information content (AvgIpc) is 1.64. The van der Waals surface area contributed by atoms with E-state index in [0.29, 0.717) is 101 Å². The molecule has 0 bridgehead atoms. The van der Waals surface area contributed by atoms with Crippen LogP contribution in [0.2, 0.25) is 0 Å². The summed E-state index contributed by atoms with van der Waals surface area (Å²) in [4.78, 5) is 117. The van der Waals surface area contributed by atoms with Crippen molar-refractivity contribution in [2.45, 2.75) is 185 Å². The van der Waals surface area contributed by atoms with Gasteiger partial charge < -0.3 is 73.3 Å². The van der Waals surface area contributed by atoms with Crippen LogP contribution in [0.1, 0.15) is 185 Å². The number of hydrogen-bond acceptors (Lipinski definition) is 21. The van der Waals surface area contributed by atoms with Gasteiger partial charge in [-0.15, -0.1) is 0 Å². The van der Waals surface area contributed by atoms with Crippen molar-refractivity contribution in [3.05, 3.63) is 89.9 Å². The van der Waals surface area contributed by atoms with E-state index >= 15 is 0 Å². The van der Waals surface area contributed by atoms with Crippen LogP contribution in [0.25, 0.3) is 33.8 Å². The highest BCUT2D eigenvalue weighted by molar-refractivity contribution is 5.97. The lowest BCUT2D eigenvalue weighted by Gasteiger charge is -2.23. The summed E-state index contributed by atoms with van der Waals surface area (Å²) in [5.74, 6) is 1.84. The number of ether oxygens (including phenoxy) is 9. The largest absolute Gasteiger partial charge is 0.496 e. The molecule has 6 rings (SSSR count). The third-order valence-electron chi connectivity index (χ3n) is 19.8. The maximum absolute atomic E-state index is 13.5. The van der Waals surface area contributed by atoms with Crippen LogP contribution in [-0.4, -0.2) is 220 Å². The third kappa shape index (κ3) is 29.0. The summed E-state index contributed by atoms with van der Waals surface area (Å²) in [6.07, 6.45) is 4.80. The van der Waals surface area contributed by atoms with E-state index in [0.717, 1.165) is 30.5 Å². The zero-order valence-electron chi connectivity index (χ0n) is 72.5. The van der Waals surface area contributed by atoms with Gasteiger partial charge in [-0.3, -0.25) is 57.2 Å². The molecule has 6 amide bonds. The van der Waals surface area contributed by atoms with Gasteiger partial charge in [0.25, 0.3) is 17.7 Å². The smallest absolute Gasteiger partial charge is 0.325 e. The second-order valence-electron chi connectivity index (χ2n) is 30.3. The van der Waals surface area contributed by atoms with Crippen LogP contribution < -0.4 is 44.4 Å². The fraction of sp³-hybridized carbons (Fsp3) is 0.576. The van der Waals surface area contributed by atoms with Gasteiger partial charge in [0.1, 0.15) is 54.1 Å². The van der Waals surface area contributed by atoms with Crippen LogP contribution in [-0.2, 0) is 56.1 Å². The molecule has 0 spiro atoms. The van der Waals surface area contributed by atoms with E-state index in [4.69, 9.17) is 38.6 Å². The van der Waals surface area contributed by atoms with Crippen LogP contribution >= 0.6 is 0 Å². The molecule has 0 aliphatic carbocycles. The van der Waals surface area contributed by atoms with Crippen LogP contribution in [0.3, 0.4) is 0 Å². The Morgan fingerprint density at radius 1 is 0.391 bits per heavy atom. The second kappa shape index (κ2) is 47.9. The number of carbonyl (C=O) groups excluding carboxylic acids is 9. The molecule has 2 unspecified atom stereocenters. The van der Waals surface area contributed by atoms with Crippen LogP contribution in [0, 0.1) is 35.5 Å². The zero-order valence-corrected chi connectivity index (χ0v) is 72.5. The van der Waals surface area contributed by atoms with E-state index < -0.39 is 36.0 Å². The number of carbonyl (C=O) groups is 9. The van der Waals surface area contributed by atoms with Gasteiger partial charge in [-0.05, 0) is 116 Å². The standard InChI is InChI=1S/C29H44N4O6.2C28H42N4O6/c1-9-20(10-2)17-33-23(28-24(37-6)12-11-13-25(28)38-7)16-22(31-33)29(36)30-21(14-19(3)4)15-26(34)32(5)18-27(35)39-8;1-17(2)13-20(14-25(33)31(6)16-26(34)38-9)29-28(35)21-15-22(32(30-21)19(5)18(3)4)27-23(36-7)11-10-12-24(27)37-8;1-9-19(4)16-32-22(27-23(36-6)11-10-12-24(27)37-7)15-21(30-32)28(35)29-20(13-18(2)3)14-25(33)31(5)17-26(34)38-8/h11-13,16,19-21H,9-10,14-15,17-18H2,1-8H3,(H,30,36);10-12,15,17-20H,13-14,16H2,1-9H3,(H,29,35);10-12,15,18-20H,9,13-14,16-17H2,1-8H3,(H,29,35)/t21-;2*19?,20-/m000/s1. The van der Waals surface area contributed by atoms with Crippen molar-refractivity contribution in [2.24, 2.45) is 35.5 Å². The molecule has 0 aliphatic rings. The summed E-state index contributed by atoms with van der Waals surface area (Å²) in [5, 5.41) is 23.1. The normalized spacial score (nSPS) is 12.4. The molecule has 3 aromatic heterocycles. The number of aromatic nitrogens is 6. The van der Waals surface area contributed by atoms with Gasteiger partial charge in [0.2, 0.25) is 17.7 Å². The van der Waals surface area contributed by atoms with Crippen molar-refractivity contribution in [2.75, 3.05) is 105 Å². The molecule has 3 heterocycles. The molecule has 115 heavy (non-hydrogen) atoms. The Morgan fingerprint density at radius 2 is 0.670 bits per heavy atom. The van der Waals surface area contributed by atoms with E-state index in [-0.39, 0.29) is 121 Å². The number of likely N-dealkylation sites (N-methyl/N-ethyl adjacent to an activating group) is 3. The molecule has 0 saturated carbocycles. The van der Waals surface area contributed by atoms with Gasteiger partial charge in [0, 0.05) is 71.6 Å². The first-order valence-corrected chi connectivity index (χ1v) is 39.3. The van der Waals surface area contributed by atoms with Crippen molar-refractivity contribution >= 4 is 53.4 Å². The van der Waals surface area contributed by atoms with Crippen molar-refractivity contribution in [1.29, 1.82) is 0 Å². The van der Waals surface area contributed by atoms with Gasteiger partial charge in [0.05, 0.1) is 104 Å².